The van der Waals surface area contributed by atoms with Crippen LogP contribution in [-0.4, -0.2) is 13.7 Å². The molecule has 3 nitrogen and oxygen atoms in total. The number of aromatic nitrogens is 3. The molecule has 0 amide bonds. The van der Waals surface area contributed by atoms with Gasteiger partial charge in [-0.15, -0.1) is 0 Å². The van der Waals surface area contributed by atoms with E-state index in [4.69, 9.17) is 8.22 Å². The van der Waals surface area contributed by atoms with Crippen molar-refractivity contribution in [3.8, 4) is 39.3 Å². The minimum Gasteiger partial charge on any atom is -0.309 e. The van der Waals surface area contributed by atoms with Crippen molar-refractivity contribution in [1.29, 1.82) is 0 Å². The lowest BCUT2D eigenvalue weighted by atomic mass is 9.98. The Kier molecular flexibility index (Phi) is 3.81. The summed E-state index contributed by atoms with van der Waals surface area (Å²) in [5.41, 5.74) is -1.20. The fourth-order valence-corrected chi connectivity index (χ4v) is 7.88. The van der Waals surface area contributed by atoms with E-state index in [2.05, 4.69) is 0 Å². The molecule has 3 aromatic heterocycles. The second kappa shape index (κ2) is 12.5. The molecular formula is C54H35N3. The van der Waals surface area contributed by atoms with Crippen molar-refractivity contribution in [2.45, 2.75) is 0 Å². The van der Waals surface area contributed by atoms with Crippen LogP contribution < -0.4 is 0 Å². The number of benzene rings is 9. The zero-order valence-corrected chi connectivity index (χ0v) is 29.4. The van der Waals surface area contributed by atoms with E-state index < -0.39 is 166 Å². The maximum atomic E-state index is 10.2. The molecule has 0 saturated heterocycles. The minimum absolute atomic E-state index is 0.178. The van der Waals surface area contributed by atoms with Crippen molar-refractivity contribution in [3.05, 3.63) is 212 Å². The highest BCUT2D eigenvalue weighted by molar-refractivity contribution is 6.19. The third-order valence-electron chi connectivity index (χ3n) is 10.3. The molecule has 266 valence electrons. The molecule has 0 saturated carbocycles. The molecule has 0 aliphatic heterocycles. The summed E-state index contributed by atoms with van der Waals surface area (Å²) < 4.78 is 200. The van der Waals surface area contributed by atoms with Gasteiger partial charge in [0, 0.05) is 43.7 Å². The Morgan fingerprint density at radius 1 is 0.316 bits per heavy atom. The molecule has 0 spiro atoms. The summed E-state index contributed by atoms with van der Waals surface area (Å²) >= 11 is 0. The van der Waals surface area contributed by atoms with Crippen LogP contribution in [0.25, 0.3) is 105 Å². The first kappa shape index (κ1) is 17.5. The second-order valence-electron chi connectivity index (χ2n) is 13.3. The molecule has 3 heterocycles. The highest BCUT2D eigenvalue weighted by Crippen LogP contribution is 2.43. The molecule has 0 aliphatic carbocycles. The van der Waals surface area contributed by atoms with E-state index in [0.717, 1.165) is 15.7 Å². The van der Waals surface area contributed by atoms with Gasteiger partial charge in [0.25, 0.3) is 0 Å². The van der Waals surface area contributed by atoms with Gasteiger partial charge in [-0.25, -0.2) is 0 Å². The lowest BCUT2D eigenvalue weighted by molar-refractivity contribution is 1.17. The Bertz CT molecular complexity index is 4720. The summed E-state index contributed by atoms with van der Waals surface area (Å²) in [7, 11) is 0. The van der Waals surface area contributed by atoms with Gasteiger partial charge in [-0.1, -0.05) is 139 Å². The van der Waals surface area contributed by atoms with E-state index in [1.807, 2.05) is 30.3 Å². The van der Waals surface area contributed by atoms with Gasteiger partial charge in [0.1, 0.15) is 0 Å². The van der Waals surface area contributed by atoms with Crippen molar-refractivity contribution in [2.75, 3.05) is 0 Å². The molecule has 12 rings (SSSR count). The number of rotatable bonds is 5. The Morgan fingerprint density at radius 3 is 1.53 bits per heavy atom. The molecule has 0 unspecified atom stereocenters. The smallest absolute Gasteiger partial charge is 0.0645 e. The van der Waals surface area contributed by atoms with Gasteiger partial charge in [-0.3, -0.25) is 0 Å². The Hall–Kier alpha value is -7.62. The van der Waals surface area contributed by atoms with Gasteiger partial charge in [0.2, 0.25) is 0 Å². The highest BCUT2D eigenvalue weighted by Gasteiger charge is 2.21. The van der Waals surface area contributed by atoms with Gasteiger partial charge in [0.05, 0.1) is 67.6 Å². The number of hydrogen-bond acceptors (Lipinski definition) is 0. The third-order valence-corrected chi connectivity index (χ3v) is 10.3. The van der Waals surface area contributed by atoms with Crippen molar-refractivity contribution in [3.63, 3.8) is 0 Å². The minimum atomic E-state index is -0.868. The van der Waals surface area contributed by atoms with Gasteiger partial charge in [-0.2, -0.15) is 0 Å². The average Bonchev–Trinajstić information content (AvgIpc) is 3.90. The van der Waals surface area contributed by atoms with E-state index in [0.29, 0.717) is 0 Å². The molecule has 12 aromatic rings. The molecule has 0 radical (unpaired) electrons. The van der Waals surface area contributed by atoms with Gasteiger partial charge in [-0.05, 0) is 94.9 Å². The molecule has 0 fully saturated rings. The monoisotopic (exact) mass is 746 g/mol. The molecule has 3 heteroatoms. The average molecular weight is 747 g/mol. The van der Waals surface area contributed by atoms with Crippen LogP contribution in [0.2, 0.25) is 0 Å². The predicted molar refractivity (Wildman–Crippen MR) is 240 cm³/mol. The summed E-state index contributed by atoms with van der Waals surface area (Å²) in [6.07, 6.45) is 0. The molecule has 0 aliphatic rings. The molecule has 57 heavy (non-hydrogen) atoms. The van der Waals surface area contributed by atoms with Crippen LogP contribution in [0, 0.1) is 0 Å². The van der Waals surface area contributed by atoms with Crippen LogP contribution in [0.15, 0.2) is 212 Å². The molecule has 9 aromatic carbocycles. The number of nitrogens with zero attached hydrogens (tertiary/aromatic N) is 3. The summed E-state index contributed by atoms with van der Waals surface area (Å²) in [5, 5.41) is -1.96. The normalized spacial score (nSPS) is 17.0. The molecule has 0 atom stereocenters. The summed E-state index contributed by atoms with van der Waals surface area (Å²) in [6, 6.07) is 9.20. The Labute approximate surface area is 359 Å². The van der Waals surface area contributed by atoms with E-state index in [1.54, 1.807) is 54.6 Å². The van der Waals surface area contributed by atoms with Gasteiger partial charge < -0.3 is 13.7 Å². The van der Waals surface area contributed by atoms with E-state index in [1.165, 1.54) is 9.13 Å². The fraction of sp³-hybridized carbons (Fsp3) is 0. The van der Waals surface area contributed by atoms with Gasteiger partial charge >= 0.3 is 0 Å². The van der Waals surface area contributed by atoms with Crippen LogP contribution >= 0.6 is 0 Å². The summed E-state index contributed by atoms with van der Waals surface area (Å²) in [5.74, 6) is 0. The fourth-order valence-electron chi connectivity index (χ4n) is 7.88. The van der Waals surface area contributed by atoms with Gasteiger partial charge in [0.15, 0.2) is 0 Å². The summed E-state index contributed by atoms with van der Waals surface area (Å²) in [4.78, 5) is 0. The zero-order valence-electron chi connectivity index (χ0n) is 50.4. The highest BCUT2D eigenvalue weighted by atomic mass is 15.0. The SMILES string of the molecule is [2H]c1c([2H])c([2H])c2c(c1[2H])c1c(-c3c([2H])c([2H])c4c(c3[2H])c3c([2H])c([2H])c([2H])c([2H])c3n4-c3c([2H])c([2H])c([2H])c4c3c3c([2H])c([2H])c([2H])c([2H])c3n4-c3ccccc3)c([2H])c([2H])c([2H])c1n2-c1ccc(-c2ccccc2)cc1. The van der Waals surface area contributed by atoms with E-state index in [9.17, 15) is 20.6 Å². The lowest BCUT2D eigenvalue weighted by Gasteiger charge is -2.12. The van der Waals surface area contributed by atoms with Crippen molar-refractivity contribution >= 4 is 65.4 Å². The van der Waals surface area contributed by atoms with Crippen LogP contribution in [0.1, 0.15) is 28.8 Å². The third kappa shape index (κ3) is 4.73. The first-order valence-corrected chi connectivity index (χ1v) is 17.9. The van der Waals surface area contributed by atoms with Crippen LogP contribution in [-0.2, 0) is 0 Å². The Morgan fingerprint density at radius 2 is 0.825 bits per heavy atom. The van der Waals surface area contributed by atoms with Crippen molar-refractivity contribution in [2.24, 2.45) is 0 Å². The molecule has 0 bridgehead atoms. The summed E-state index contributed by atoms with van der Waals surface area (Å²) in [6.45, 7) is 0. The Balaban J connectivity index is 1.30. The standard InChI is InChI=1S/C54H35N3/c1-3-15-36(16-4-1)37-29-32-40(33-30-37)56-47-24-11-8-20-43(47)53-41(22-13-26-50(53)56)38-31-34-49-45(35-38)42-19-7-10-23-46(42)57(49)52-28-14-27-51-54(52)44-21-9-12-25-48(44)55(51)39-17-5-2-6-18-39/h1-35H/i7D,8D,9D,10D,11D,12D,13D,14D,19D,20D,21D,22D,23D,24D,25D,26D,27D,28D,31D,34D,35D. The first-order chi connectivity index (χ1) is 37.1. The number of para-hydroxylation sites is 4. The first-order valence-electron chi connectivity index (χ1n) is 28.4. The zero-order chi connectivity index (χ0) is 55.7. The quantitative estimate of drug-likeness (QED) is 0.167. The predicted octanol–water partition coefficient (Wildman–Crippen LogP) is 14.3. The van der Waals surface area contributed by atoms with E-state index >= 15 is 0 Å². The number of fused-ring (bicyclic) bond motifs is 9. The number of hydrogen-bond donors (Lipinski definition) is 0. The van der Waals surface area contributed by atoms with Crippen LogP contribution in [0.4, 0.5) is 0 Å². The van der Waals surface area contributed by atoms with Crippen LogP contribution in [0.3, 0.4) is 0 Å². The lowest BCUT2D eigenvalue weighted by Crippen LogP contribution is -1.96. The topological polar surface area (TPSA) is 14.8 Å². The second-order valence-corrected chi connectivity index (χ2v) is 13.3. The maximum absolute atomic E-state index is 10.2. The largest absolute Gasteiger partial charge is 0.309 e. The molecular weight excluding hydrogens is 691 g/mol. The maximum Gasteiger partial charge on any atom is 0.0645 e. The van der Waals surface area contributed by atoms with E-state index in [-0.39, 0.29) is 55.0 Å². The van der Waals surface area contributed by atoms with Crippen molar-refractivity contribution < 1.29 is 28.8 Å². The molecule has 0 N–H and O–H groups in total. The van der Waals surface area contributed by atoms with Crippen molar-refractivity contribution in [1.82, 2.24) is 13.7 Å². The van der Waals surface area contributed by atoms with Crippen LogP contribution in [0.5, 0.6) is 0 Å².